The van der Waals surface area contributed by atoms with Crippen molar-refractivity contribution >= 4 is 23.1 Å². The maximum absolute atomic E-state index is 10.3. The van der Waals surface area contributed by atoms with Crippen molar-refractivity contribution in [3.8, 4) is 0 Å². The molecule has 0 saturated heterocycles. The molecule has 3 heteroatoms. The van der Waals surface area contributed by atoms with E-state index in [1.165, 1.54) is 14.7 Å². The molecule has 0 aliphatic carbocycles. The lowest BCUT2D eigenvalue weighted by molar-refractivity contribution is 0.149. The highest BCUT2D eigenvalue weighted by Crippen LogP contribution is 2.48. The molecule has 3 rings (SSSR count). The third-order valence-corrected chi connectivity index (χ3v) is 5.34. The van der Waals surface area contributed by atoms with Crippen LogP contribution >= 0.6 is 23.1 Å². The second kappa shape index (κ2) is 3.91. The number of benzene rings is 1. The third kappa shape index (κ3) is 1.51. The van der Waals surface area contributed by atoms with Gasteiger partial charge in [0.15, 0.2) is 0 Å². The molecule has 1 N–H and O–H groups in total. The minimum absolute atomic E-state index is 0.166. The summed E-state index contributed by atoms with van der Waals surface area (Å²) in [5.74, 6) is 0.166. The largest absolute Gasteiger partial charge is 0.388 e. The van der Waals surface area contributed by atoms with Crippen LogP contribution in [0.15, 0.2) is 44.8 Å². The first-order valence-corrected chi connectivity index (χ1v) is 6.99. The molecule has 82 valence electrons. The summed E-state index contributed by atoms with van der Waals surface area (Å²) in [7, 11) is 0. The normalized spacial score (nSPS) is 23.4. The van der Waals surface area contributed by atoms with Crippen LogP contribution in [0.25, 0.3) is 0 Å². The summed E-state index contributed by atoms with van der Waals surface area (Å²) >= 11 is 3.49. The predicted molar refractivity (Wildman–Crippen MR) is 68.3 cm³/mol. The van der Waals surface area contributed by atoms with E-state index in [-0.39, 0.29) is 12.0 Å². The van der Waals surface area contributed by atoms with E-state index in [2.05, 4.69) is 30.5 Å². The van der Waals surface area contributed by atoms with Crippen molar-refractivity contribution in [1.82, 2.24) is 0 Å². The zero-order valence-electron chi connectivity index (χ0n) is 8.88. The highest BCUT2D eigenvalue weighted by Gasteiger charge is 2.27. The number of hydrogen-bond donors (Lipinski definition) is 1. The quantitative estimate of drug-likeness (QED) is 0.759. The number of rotatable bonds is 0. The van der Waals surface area contributed by atoms with Gasteiger partial charge in [0.05, 0.1) is 10.3 Å². The lowest BCUT2D eigenvalue weighted by Gasteiger charge is -2.17. The summed E-state index contributed by atoms with van der Waals surface area (Å²) in [6.45, 7) is 2.09. The number of aliphatic hydroxyl groups is 1. The fourth-order valence-corrected chi connectivity index (χ4v) is 4.41. The van der Waals surface area contributed by atoms with Crippen molar-refractivity contribution in [2.45, 2.75) is 28.1 Å². The van der Waals surface area contributed by atoms with E-state index in [0.717, 1.165) is 5.56 Å². The van der Waals surface area contributed by atoms with Crippen LogP contribution in [-0.2, 0) is 0 Å². The van der Waals surface area contributed by atoms with Gasteiger partial charge in [0.1, 0.15) is 0 Å². The molecule has 0 spiro atoms. The van der Waals surface area contributed by atoms with E-state index in [0.29, 0.717) is 0 Å². The van der Waals surface area contributed by atoms with Crippen LogP contribution in [0, 0.1) is 0 Å². The first kappa shape index (κ1) is 10.4. The van der Waals surface area contributed by atoms with E-state index < -0.39 is 0 Å². The van der Waals surface area contributed by atoms with Gasteiger partial charge in [-0.1, -0.05) is 36.9 Å². The zero-order chi connectivity index (χ0) is 11.1. The topological polar surface area (TPSA) is 20.2 Å². The van der Waals surface area contributed by atoms with Crippen LogP contribution < -0.4 is 0 Å². The Hall–Kier alpha value is -0.770. The van der Waals surface area contributed by atoms with Crippen molar-refractivity contribution in [3.05, 3.63) is 46.8 Å². The van der Waals surface area contributed by atoms with Gasteiger partial charge in [-0.05, 0) is 23.1 Å². The molecule has 0 amide bonds. The van der Waals surface area contributed by atoms with Crippen LogP contribution in [0.2, 0.25) is 0 Å². The first-order valence-electron chi connectivity index (χ1n) is 5.29. The SMILES string of the molecule is CC1c2ccccc2Sc2sccc2C1O. The Bertz CT molecular complexity index is 518. The number of aliphatic hydroxyl groups excluding tert-OH is 1. The number of thiophene rings is 1. The zero-order valence-corrected chi connectivity index (χ0v) is 10.5. The van der Waals surface area contributed by atoms with Crippen molar-refractivity contribution in [2.75, 3.05) is 0 Å². The summed E-state index contributed by atoms with van der Waals surface area (Å²) in [5, 5.41) is 12.4. The monoisotopic (exact) mass is 248 g/mol. The average molecular weight is 248 g/mol. The first-order chi connectivity index (χ1) is 7.77. The molecule has 0 radical (unpaired) electrons. The summed E-state index contributed by atoms with van der Waals surface area (Å²) in [5.41, 5.74) is 2.34. The average Bonchev–Trinajstić information content (AvgIpc) is 2.72. The Balaban J connectivity index is 2.19. The Labute approximate surface area is 103 Å². The van der Waals surface area contributed by atoms with Crippen molar-refractivity contribution in [2.24, 2.45) is 0 Å². The second-order valence-electron chi connectivity index (χ2n) is 4.04. The minimum Gasteiger partial charge on any atom is -0.388 e. The highest BCUT2D eigenvalue weighted by molar-refractivity contribution is 8.01. The highest BCUT2D eigenvalue weighted by atomic mass is 32.2. The molecule has 0 fully saturated rings. The molecular weight excluding hydrogens is 236 g/mol. The van der Waals surface area contributed by atoms with Crippen molar-refractivity contribution in [3.63, 3.8) is 0 Å². The molecule has 0 saturated carbocycles. The van der Waals surface area contributed by atoms with Gasteiger partial charge in [0, 0.05) is 16.4 Å². The van der Waals surface area contributed by atoms with E-state index in [9.17, 15) is 5.11 Å². The molecular formula is C13H12OS2. The molecule has 2 unspecified atom stereocenters. The Morgan fingerprint density at radius 2 is 1.94 bits per heavy atom. The van der Waals surface area contributed by atoms with E-state index in [1.54, 1.807) is 23.1 Å². The minimum atomic E-state index is -0.377. The standard InChI is InChI=1S/C13H12OS2/c1-8-9-4-2-3-5-11(9)16-13-10(12(8)14)6-7-15-13/h2-8,12,14H,1H3. The molecule has 2 heterocycles. The molecule has 2 atom stereocenters. The third-order valence-electron chi connectivity index (χ3n) is 3.06. The van der Waals surface area contributed by atoms with Crippen LogP contribution in [0.1, 0.15) is 30.1 Å². The van der Waals surface area contributed by atoms with Crippen LogP contribution in [-0.4, -0.2) is 5.11 Å². The van der Waals surface area contributed by atoms with Crippen LogP contribution in [0.5, 0.6) is 0 Å². The smallest absolute Gasteiger partial charge is 0.0875 e. The molecule has 1 aliphatic rings. The maximum atomic E-state index is 10.3. The summed E-state index contributed by atoms with van der Waals surface area (Å²) in [6.07, 6.45) is -0.377. The fraction of sp³-hybridized carbons (Fsp3) is 0.231. The number of hydrogen-bond acceptors (Lipinski definition) is 3. The lowest BCUT2D eigenvalue weighted by Crippen LogP contribution is -2.06. The van der Waals surface area contributed by atoms with Gasteiger partial charge in [0.2, 0.25) is 0 Å². The van der Waals surface area contributed by atoms with Crippen LogP contribution in [0.3, 0.4) is 0 Å². The molecule has 1 aromatic heterocycles. The summed E-state index contributed by atoms with van der Waals surface area (Å²) in [4.78, 5) is 1.27. The van der Waals surface area contributed by atoms with Gasteiger partial charge in [-0.2, -0.15) is 0 Å². The molecule has 1 nitrogen and oxygen atoms in total. The van der Waals surface area contributed by atoms with Gasteiger partial charge >= 0.3 is 0 Å². The van der Waals surface area contributed by atoms with Gasteiger partial charge in [-0.25, -0.2) is 0 Å². The fourth-order valence-electron chi connectivity index (χ4n) is 2.10. The predicted octanol–water partition coefficient (Wildman–Crippen LogP) is 4.05. The lowest BCUT2D eigenvalue weighted by atomic mass is 9.92. The van der Waals surface area contributed by atoms with Crippen LogP contribution in [0.4, 0.5) is 0 Å². The van der Waals surface area contributed by atoms with E-state index in [1.807, 2.05) is 12.1 Å². The van der Waals surface area contributed by atoms with Gasteiger partial charge in [-0.15, -0.1) is 11.3 Å². The molecule has 1 aliphatic heterocycles. The Morgan fingerprint density at radius 1 is 1.12 bits per heavy atom. The van der Waals surface area contributed by atoms with Gasteiger partial charge < -0.3 is 5.11 Å². The molecule has 2 aromatic rings. The molecule has 1 aromatic carbocycles. The van der Waals surface area contributed by atoms with Gasteiger partial charge in [0.25, 0.3) is 0 Å². The Morgan fingerprint density at radius 3 is 2.81 bits per heavy atom. The maximum Gasteiger partial charge on any atom is 0.0875 e. The number of fused-ring (bicyclic) bond motifs is 2. The van der Waals surface area contributed by atoms with Crippen molar-refractivity contribution in [1.29, 1.82) is 0 Å². The molecule has 0 bridgehead atoms. The second-order valence-corrected chi connectivity index (χ2v) is 6.26. The summed E-state index contributed by atoms with van der Waals surface area (Å²) < 4.78 is 1.23. The molecule has 16 heavy (non-hydrogen) atoms. The summed E-state index contributed by atoms with van der Waals surface area (Å²) in [6, 6.07) is 10.4. The van der Waals surface area contributed by atoms with Crippen molar-refractivity contribution < 1.29 is 5.11 Å². The van der Waals surface area contributed by atoms with E-state index in [4.69, 9.17) is 0 Å². The van der Waals surface area contributed by atoms with E-state index >= 15 is 0 Å². The van der Waals surface area contributed by atoms with Gasteiger partial charge in [-0.3, -0.25) is 0 Å². The Kier molecular flexibility index (Phi) is 2.54.